The highest BCUT2D eigenvalue weighted by Crippen LogP contribution is 2.30. The van der Waals surface area contributed by atoms with Crippen LogP contribution in [0.4, 0.5) is 0 Å². The average Bonchev–Trinajstić information content (AvgIpc) is 2.93. The van der Waals surface area contributed by atoms with Gasteiger partial charge >= 0.3 is 0 Å². The first kappa shape index (κ1) is 14.6. The Bertz CT molecular complexity index is 805. The van der Waals surface area contributed by atoms with Crippen LogP contribution in [0.15, 0.2) is 31.5 Å². The van der Waals surface area contributed by atoms with E-state index in [-0.39, 0.29) is 11.7 Å². The van der Waals surface area contributed by atoms with Crippen LogP contribution in [0.5, 0.6) is 0 Å². The molecule has 0 saturated carbocycles. The Kier molecular flexibility index (Phi) is 3.24. The Morgan fingerprint density at radius 3 is 2.82 bits per heavy atom. The van der Waals surface area contributed by atoms with Gasteiger partial charge in [-0.3, -0.25) is 4.79 Å². The van der Waals surface area contributed by atoms with Gasteiger partial charge in [-0.15, -0.1) is 4.40 Å². The molecular weight excluding hydrogens is 310 g/mol. The highest BCUT2D eigenvalue weighted by atomic mass is 32.2. The maximum absolute atomic E-state index is 12.2. The molecular formula is C13H15N3O5S. The molecule has 0 aromatic carbocycles. The maximum Gasteiger partial charge on any atom is 0.293 e. The normalized spacial score (nSPS) is 24.5. The van der Waals surface area contributed by atoms with Gasteiger partial charge in [0.15, 0.2) is 4.91 Å². The number of furan rings is 1. The van der Waals surface area contributed by atoms with E-state index in [9.17, 15) is 18.3 Å². The van der Waals surface area contributed by atoms with Crippen molar-refractivity contribution in [3.63, 3.8) is 0 Å². The van der Waals surface area contributed by atoms with E-state index in [4.69, 9.17) is 4.42 Å². The Labute approximate surface area is 127 Å². The summed E-state index contributed by atoms with van der Waals surface area (Å²) in [6, 6.07) is 3.19. The van der Waals surface area contributed by atoms with Gasteiger partial charge in [0, 0.05) is 13.6 Å². The number of aliphatic hydroxyl groups is 1. The van der Waals surface area contributed by atoms with Crippen molar-refractivity contribution in [2.45, 2.75) is 19.4 Å². The zero-order valence-corrected chi connectivity index (χ0v) is 12.8. The first-order valence-corrected chi connectivity index (χ1v) is 8.10. The van der Waals surface area contributed by atoms with Crippen molar-refractivity contribution in [1.29, 1.82) is 0 Å². The number of carbonyl (C=O) groups is 1. The summed E-state index contributed by atoms with van der Waals surface area (Å²) < 4.78 is 32.7. The molecule has 9 heteroatoms. The van der Waals surface area contributed by atoms with Crippen LogP contribution in [0.3, 0.4) is 0 Å². The number of aryl methyl sites for hydroxylation is 1. The van der Waals surface area contributed by atoms with Gasteiger partial charge in [0.25, 0.3) is 15.9 Å². The molecule has 0 spiro atoms. The van der Waals surface area contributed by atoms with E-state index in [1.54, 1.807) is 19.1 Å². The molecule has 0 aliphatic carbocycles. The van der Waals surface area contributed by atoms with E-state index in [0.29, 0.717) is 18.7 Å². The monoisotopic (exact) mass is 325 g/mol. The van der Waals surface area contributed by atoms with Gasteiger partial charge in [0.05, 0.1) is 6.04 Å². The van der Waals surface area contributed by atoms with E-state index in [0.717, 1.165) is 5.76 Å². The number of nitrogens with one attached hydrogen (secondary N) is 1. The second-order valence-corrected chi connectivity index (χ2v) is 6.80. The molecule has 8 nitrogen and oxygen atoms in total. The number of aliphatic hydroxyl groups excluding tert-OH is 1. The van der Waals surface area contributed by atoms with Gasteiger partial charge in [0.1, 0.15) is 17.2 Å². The maximum atomic E-state index is 12.2. The molecule has 2 N–H and O–H groups in total. The molecule has 1 aromatic heterocycles. The molecule has 0 radical (unpaired) electrons. The fourth-order valence-electron chi connectivity index (χ4n) is 2.48. The third-order valence-electron chi connectivity index (χ3n) is 3.63. The van der Waals surface area contributed by atoms with E-state index < -0.39 is 26.7 Å². The number of nitrogens with zero attached hydrogens (tertiary/aromatic N) is 2. The predicted molar refractivity (Wildman–Crippen MR) is 77.6 cm³/mol. The minimum atomic E-state index is -4.19. The van der Waals surface area contributed by atoms with Crippen molar-refractivity contribution < 1.29 is 22.7 Å². The number of hydrogen-bond donors (Lipinski definition) is 2. The minimum absolute atomic E-state index is 0.171. The molecule has 1 amide bonds. The lowest BCUT2D eigenvalue weighted by Crippen LogP contribution is -2.38. The van der Waals surface area contributed by atoms with Gasteiger partial charge < -0.3 is 19.7 Å². The summed E-state index contributed by atoms with van der Waals surface area (Å²) >= 11 is 0. The summed E-state index contributed by atoms with van der Waals surface area (Å²) in [5.74, 6) is -0.0741. The molecule has 1 aromatic rings. The van der Waals surface area contributed by atoms with Crippen LogP contribution in [0.25, 0.3) is 0 Å². The summed E-state index contributed by atoms with van der Waals surface area (Å²) in [6.45, 7) is 2.13. The predicted octanol–water partition coefficient (Wildman–Crippen LogP) is 0.592. The van der Waals surface area contributed by atoms with Gasteiger partial charge in [-0.2, -0.15) is 8.42 Å². The first-order valence-electron chi connectivity index (χ1n) is 6.66. The standard InChI is InChI=1S/C13H15N3O5S/c1-7-3-4-9(21-7)8-5-6-16(2)13(18)11-10(14-8)12(17)15-22(11,19)20/h3-4,8,14H,5-6H2,1-2H3,(H,15,17)/t8-/m1/s1. The SMILES string of the molecule is Cc1ccc([C@H]2CCN(C)C(=O)C3=C(N2)C(O)=NS3(=O)=O)o1. The fourth-order valence-corrected chi connectivity index (χ4v) is 3.68. The third kappa shape index (κ3) is 2.27. The van der Waals surface area contributed by atoms with Crippen LogP contribution in [-0.4, -0.2) is 43.8 Å². The molecule has 2 aliphatic heterocycles. The molecule has 0 unspecified atom stereocenters. The summed E-state index contributed by atoms with van der Waals surface area (Å²) in [7, 11) is -2.68. The Morgan fingerprint density at radius 2 is 2.18 bits per heavy atom. The summed E-state index contributed by atoms with van der Waals surface area (Å²) in [6.07, 6.45) is 0.499. The van der Waals surface area contributed by atoms with E-state index in [1.165, 1.54) is 11.9 Å². The largest absolute Gasteiger partial charge is 0.491 e. The number of amides is 1. The summed E-state index contributed by atoms with van der Waals surface area (Å²) in [4.78, 5) is 13.0. The molecule has 0 fully saturated rings. The van der Waals surface area contributed by atoms with E-state index in [2.05, 4.69) is 9.71 Å². The third-order valence-corrected chi connectivity index (χ3v) is 4.94. The smallest absolute Gasteiger partial charge is 0.293 e. The Balaban J connectivity index is 2.09. The molecule has 0 bridgehead atoms. The quantitative estimate of drug-likeness (QED) is 0.781. The van der Waals surface area contributed by atoms with Crippen molar-refractivity contribution in [2.75, 3.05) is 13.6 Å². The Morgan fingerprint density at radius 1 is 1.45 bits per heavy atom. The van der Waals surface area contributed by atoms with Crippen LogP contribution >= 0.6 is 0 Å². The van der Waals surface area contributed by atoms with Crippen LogP contribution < -0.4 is 5.32 Å². The zero-order valence-electron chi connectivity index (χ0n) is 12.0. The second kappa shape index (κ2) is 4.87. The molecule has 2 aliphatic rings. The number of sulfonamides is 1. The number of rotatable bonds is 1. The number of hydrogen-bond acceptors (Lipinski definition) is 5. The lowest BCUT2D eigenvalue weighted by molar-refractivity contribution is -0.125. The average molecular weight is 325 g/mol. The second-order valence-electron chi connectivity index (χ2n) is 5.25. The lowest BCUT2D eigenvalue weighted by Gasteiger charge is -2.26. The van der Waals surface area contributed by atoms with Crippen molar-refractivity contribution in [2.24, 2.45) is 4.40 Å². The molecule has 0 saturated heterocycles. The fraction of sp³-hybridized carbons (Fsp3) is 0.385. The molecule has 118 valence electrons. The molecule has 1 atom stereocenters. The molecule has 22 heavy (non-hydrogen) atoms. The minimum Gasteiger partial charge on any atom is -0.491 e. The highest BCUT2D eigenvalue weighted by molar-refractivity contribution is 7.95. The van der Waals surface area contributed by atoms with Crippen molar-refractivity contribution in [1.82, 2.24) is 10.2 Å². The zero-order chi connectivity index (χ0) is 16.1. The summed E-state index contributed by atoms with van der Waals surface area (Å²) in [5.41, 5.74) is -0.171. The van der Waals surface area contributed by atoms with Crippen LogP contribution in [0.2, 0.25) is 0 Å². The van der Waals surface area contributed by atoms with Crippen LogP contribution in [0, 0.1) is 6.92 Å². The van der Waals surface area contributed by atoms with Gasteiger partial charge in [-0.05, 0) is 25.5 Å². The van der Waals surface area contributed by atoms with Crippen LogP contribution in [0.1, 0.15) is 24.0 Å². The molecule has 3 heterocycles. The topological polar surface area (TPSA) is 112 Å². The van der Waals surface area contributed by atoms with Crippen molar-refractivity contribution >= 4 is 21.8 Å². The first-order chi connectivity index (χ1) is 10.3. The summed E-state index contributed by atoms with van der Waals surface area (Å²) in [5, 5.41) is 12.7. The molecule has 3 rings (SSSR count). The number of likely N-dealkylation sites (N-methyl/N-ethyl adjacent to an activating group) is 1. The van der Waals surface area contributed by atoms with Crippen molar-refractivity contribution in [3.8, 4) is 0 Å². The van der Waals surface area contributed by atoms with Gasteiger partial charge in [0.2, 0.25) is 5.90 Å². The Hall–Kier alpha value is -2.29. The van der Waals surface area contributed by atoms with Crippen LogP contribution in [-0.2, 0) is 14.8 Å². The van der Waals surface area contributed by atoms with Gasteiger partial charge in [-0.25, -0.2) is 0 Å². The number of carbonyl (C=O) groups excluding carboxylic acids is 1. The van der Waals surface area contributed by atoms with Gasteiger partial charge in [-0.1, -0.05) is 0 Å². The van der Waals surface area contributed by atoms with Crippen molar-refractivity contribution in [3.05, 3.63) is 34.3 Å². The lowest BCUT2D eigenvalue weighted by atomic mass is 10.1. The van der Waals surface area contributed by atoms with E-state index in [1.807, 2.05) is 0 Å². The van der Waals surface area contributed by atoms with E-state index >= 15 is 0 Å². The highest BCUT2D eigenvalue weighted by Gasteiger charge is 2.41.